The van der Waals surface area contributed by atoms with E-state index in [4.69, 9.17) is 15.3 Å². The van der Waals surface area contributed by atoms with E-state index in [9.17, 15) is 22.0 Å². The molecule has 0 bridgehead atoms. The zero-order valence-electron chi connectivity index (χ0n) is 18.3. The number of nitrogens with zero attached hydrogens (tertiary/aromatic N) is 3. The lowest BCUT2D eigenvalue weighted by molar-refractivity contribution is -0.393. The fraction of sp³-hybridized carbons (Fsp3) is 0.500. The molecule has 3 rings (SSSR count). The van der Waals surface area contributed by atoms with E-state index in [1.807, 2.05) is 0 Å². The lowest BCUT2D eigenvalue weighted by Crippen LogP contribution is -2.38. The normalized spacial score (nSPS) is 16.5. The number of methoxy groups -OCH3 is 1. The second-order valence-electron chi connectivity index (χ2n) is 7.73. The molecule has 0 radical (unpaired) electrons. The molecule has 1 saturated heterocycles. The fourth-order valence-corrected chi connectivity index (χ4v) is 3.29. The minimum Gasteiger partial charge on any atom is -0.497 e. The standard InChI is InChI=1S/C20H25F5N6O2/c1-12(20(23,24)25)33-18-28-16(27-10-13-4-6-14(32-3)7-5-13)15(30(2)26)17(29-18)31-9-8-19(21,22)11-31/h4-7,12H,8-11,26H2,1-3H3,(H,27,28,29)/p+1. The van der Waals surface area contributed by atoms with Gasteiger partial charge in [-0.15, -0.1) is 0 Å². The van der Waals surface area contributed by atoms with E-state index in [1.165, 1.54) is 19.1 Å². The number of nitrogens with two attached hydrogens (primary N) is 1. The van der Waals surface area contributed by atoms with Crippen LogP contribution in [0, 0.1) is 0 Å². The highest BCUT2D eigenvalue weighted by Gasteiger charge is 2.45. The number of hydrogen-bond donors (Lipinski definition) is 2. The average molecular weight is 477 g/mol. The first-order valence-electron chi connectivity index (χ1n) is 10.1. The van der Waals surface area contributed by atoms with Crippen LogP contribution in [0.4, 0.5) is 39.3 Å². The molecule has 1 aliphatic heterocycles. The molecule has 1 unspecified atom stereocenters. The summed E-state index contributed by atoms with van der Waals surface area (Å²) in [6.45, 7) is 0.402. The fourth-order valence-electron chi connectivity index (χ4n) is 3.29. The Hall–Kier alpha value is -3.09. The van der Waals surface area contributed by atoms with E-state index in [1.54, 1.807) is 24.3 Å². The van der Waals surface area contributed by atoms with Gasteiger partial charge in [0.2, 0.25) is 5.82 Å². The van der Waals surface area contributed by atoms with E-state index >= 15 is 0 Å². The summed E-state index contributed by atoms with van der Waals surface area (Å²) in [4.78, 5) is 8.04. The van der Waals surface area contributed by atoms with Crippen LogP contribution in [-0.4, -0.2) is 50.4 Å². The van der Waals surface area contributed by atoms with Crippen LogP contribution in [-0.2, 0) is 6.54 Å². The van der Waals surface area contributed by atoms with Crippen LogP contribution in [0.5, 0.6) is 11.8 Å². The highest BCUT2D eigenvalue weighted by Crippen LogP contribution is 2.37. The minimum absolute atomic E-state index is 0.0272. The van der Waals surface area contributed by atoms with Gasteiger partial charge in [-0.1, -0.05) is 12.1 Å². The third-order valence-electron chi connectivity index (χ3n) is 5.09. The Morgan fingerprint density at radius 2 is 1.97 bits per heavy atom. The molecule has 0 saturated carbocycles. The molecule has 0 spiro atoms. The SMILES string of the molecule is COc1ccc(CNc2nc(OC(C)C(F)(F)F)[nH+]c(N3CCC(F)(F)C3)c2N(C)N)cc1. The molecule has 2 heterocycles. The predicted octanol–water partition coefficient (Wildman–Crippen LogP) is 3.00. The molecule has 1 aromatic carbocycles. The Kier molecular flexibility index (Phi) is 7.00. The Labute approximate surface area is 187 Å². The molecule has 0 aliphatic carbocycles. The number of H-pyrrole nitrogens is 1. The first-order chi connectivity index (χ1) is 15.4. The zero-order chi connectivity index (χ0) is 24.4. The molecule has 13 heteroatoms. The van der Waals surface area contributed by atoms with Gasteiger partial charge in [0.25, 0.3) is 11.7 Å². The quantitative estimate of drug-likeness (QED) is 0.343. The maximum atomic E-state index is 13.9. The topological polar surface area (TPSA) is 90.0 Å². The van der Waals surface area contributed by atoms with E-state index in [0.717, 1.165) is 17.5 Å². The third kappa shape index (κ3) is 6.03. The van der Waals surface area contributed by atoms with Gasteiger partial charge in [0, 0.05) is 20.0 Å². The molecular weight excluding hydrogens is 451 g/mol. The molecule has 1 atom stereocenters. The number of halogens is 5. The van der Waals surface area contributed by atoms with Gasteiger partial charge in [0.15, 0.2) is 11.8 Å². The van der Waals surface area contributed by atoms with Crippen molar-refractivity contribution in [2.45, 2.75) is 38.1 Å². The van der Waals surface area contributed by atoms with Gasteiger partial charge in [-0.3, -0.25) is 4.90 Å². The summed E-state index contributed by atoms with van der Waals surface area (Å²) in [5.41, 5.74) is 1.02. The number of hydrogen-bond acceptors (Lipinski definition) is 7. The van der Waals surface area contributed by atoms with Crippen LogP contribution in [0.15, 0.2) is 24.3 Å². The smallest absolute Gasteiger partial charge is 0.434 e. The minimum atomic E-state index is -4.64. The summed E-state index contributed by atoms with van der Waals surface area (Å²) in [5.74, 6) is 3.82. The molecule has 1 aliphatic rings. The Balaban J connectivity index is 1.98. The number of benzene rings is 1. The van der Waals surface area contributed by atoms with Crippen molar-refractivity contribution in [1.82, 2.24) is 4.98 Å². The van der Waals surface area contributed by atoms with Gasteiger partial charge in [0.05, 0.1) is 13.7 Å². The van der Waals surface area contributed by atoms with Crippen molar-refractivity contribution in [3.8, 4) is 11.8 Å². The average Bonchev–Trinajstić information content (AvgIpc) is 3.11. The van der Waals surface area contributed by atoms with Crippen molar-refractivity contribution in [2.24, 2.45) is 5.84 Å². The summed E-state index contributed by atoms with van der Waals surface area (Å²) in [5, 5.41) is 4.17. The summed E-state index contributed by atoms with van der Waals surface area (Å²) < 4.78 is 77.0. The van der Waals surface area contributed by atoms with Crippen molar-refractivity contribution >= 4 is 17.3 Å². The van der Waals surface area contributed by atoms with Crippen molar-refractivity contribution in [1.29, 1.82) is 0 Å². The van der Waals surface area contributed by atoms with E-state index in [-0.39, 0.29) is 30.4 Å². The van der Waals surface area contributed by atoms with E-state index in [2.05, 4.69) is 15.3 Å². The number of ether oxygens (including phenoxy) is 2. The molecule has 2 aromatic rings. The predicted molar refractivity (Wildman–Crippen MR) is 112 cm³/mol. The lowest BCUT2D eigenvalue weighted by Gasteiger charge is -2.22. The maximum Gasteiger partial charge on any atom is 0.434 e. The van der Waals surface area contributed by atoms with Crippen molar-refractivity contribution < 1.29 is 36.4 Å². The van der Waals surface area contributed by atoms with Crippen molar-refractivity contribution in [3.05, 3.63) is 29.8 Å². The molecule has 1 fully saturated rings. The Morgan fingerprint density at radius 1 is 1.30 bits per heavy atom. The Morgan fingerprint density at radius 3 is 2.48 bits per heavy atom. The molecule has 1 aromatic heterocycles. The summed E-state index contributed by atoms with van der Waals surface area (Å²) in [7, 11) is 3.01. The maximum absolute atomic E-state index is 13.9. The van der Waals surface area contributed by atoms with E-state index < -0.39 is 37.2 Å². The van der Waals surface area contributed by atoms with Crippen LogP contribution >= 0.6 is 0 Å². The molecule has 33 heavy (non-hydrogen) atoms. The monoisotopic (exact) mass is 477 g/mol. The number of alkyl halides is 5. The van der Waals surface area contributed by atoms with Crippen molar-refractivity contribution in [3.63, 3.8) is 0 Å². The second-order valence-corrected chi connectivity index (χ2v) is 7.73. The first kappa shape index (κ1) is 24.6. The molecule has 182 valence electrons. The number of nitrogens with one attached hydrogen (secondary N) is 2. The van der Waals surface area contributed by atoms with Crippen LogP contribution in [0.25, 0.3) is 0 Å². The second kappa shape index (κ2) is 9.41. The third-order valence-corrected chi connectivity index (χ3v) is 5.09. The van der Waals surface area contributed by atoms with Gasteiger partial charge in [-0.2, -0.15) is 13.2 Å². The summed E-state index contributed by atoms with van der Waals surface area (Å²) >= 11 is 0. The lowest BCUT2D eigenvalue weighted by atomic mass is 10.2. The van der Waals surface area contributed by atoms with Gasteiger partial charge >= 0.3 is 12.2 Å². The van der Waals surface area contributed by atoms with E-state index in [0.29, 0.717) is 5.75 Å². The number of aromatic nitrogens is 2. The summed E-state index contributed by atoms with van der Waals surface area (Å²) in [6.07, 6.45) is -7.22. The van der Waals surface area contributed by atoms with Gasteiger partial charge in [-0.05, 0) is 29.6 Å². The van der Waals surface area contributed by atoms with Crippen LogP contribution in [0.3, 0.4) is 0 Å². The highest BCUT2D eigenvalue weighted by molar-refractivity contribution is 5.76. The molecular formula is C20H26F5N6O2+. The van der Waals surface area contributed by atoms with Gasteiger partial charge in [0.1, 0.15) is 12.3 Å². The van der Waals surface area contributed by atoms with Crippen LogP contribution in [0.1, 0.15) is 18.9 Å². The molecule has 8 nitrogen and oxygen atoms in total. The molecule has 0 amide bonds. The number of hydrazine groups is 1. The van der Waals surface area contributed by atoms with Crippen molar-refractivity contribution in [2.75, 3.05) is 42.5 Å². The Bertz CT molecular complexity index is 955. The molecule has 4 N–H and O–H groups in total. The first-order valence-corrected chi connectivity index (χ1v) is 10.1. The summed E-state index contributed by atoms with van der Waals surface area (Å²) in [6, 6.07) is 6.59. The number of aromatic amines is 1. The zero-order valence-corrected chi connectivity index (χ0v) is 18.3. The van der Waals surface area contributed by atoms with Crippen LogP contribution < -0.4 is 35.5 Å². The largest absolute Gasteiger partial charge is 0.497 e. The van der Waals surface area contributed by atoms with Gasteiger partial charge in [-0.25, -0.2) is 19.6 Å². The number of anilines is 3. The highest BCUT2D eigenvalue weighted by atomic mass is 19.4. The number of rotatable bonds is 8. The van der Waals surface area contributed by atoms with Crippen LogP contribution in [0.2, 0.25) is 0 Å². The van der Waals surface area contributed by atoms with Gasteiger partial charge < -0.3 is 19.8 Å².